The van der Waals surface area contributed by atoms with Crippen molar-refractivity contribution < 1.29 is 19.4 Å². The molecule has 0 saturated carbocycles. The van der Waals surface area contributed by atoms with Gasteiger partial charge < -0.3 is 20.3 Å². The molecule has 0 aliphatic carbocycles. The Bertz CT molecular complexity index is 928. The Kier molecular flexibility index (Phi) is 5.61. The van der Waals surface area contributed by atoms with E-state index in [1.54, 1.807) is 32.2 Å². The first-order valence-electron chi connectivity index (χ1n) is 8.51. The number of anilines is 1. The molecule has 0 saturated heterocycles. The molecule has 0 fully saturated rings. The minimum absolute atomic E-state index is 0.125. The van der Waals surface area contributed by atoms with Crippen LogP contribution in [0.2, 0.25) is 0 Å². The Hall–Kier alpha value is -3.06. The first-order chi connectivity index (χ1) is 13.0. The van der Waals surface area contributed by atoms with Gasteiger partial charge in [0.2, 0.25) is 5.75 Å². The lowest BCUT2D eigenvalue weighted by atomic mass is 9.99. The summed E-state index contributed by atoms with van der Waals surface area (Å²) < 4.78 is 10.9. The number of nitrogens with two attached hydrogens (primary N) is 1. The van der Waals surface area contributed by atoms with Crippen molar-refractivity contribution in [2.45, 2.75) is 13.8 Å². The van der Waals surface area contributed by atoms with Gasteiger partial charge in [-0.05, 0) is 44.2 Å². The van der Waals surface area contributed by atoms with Crippen molar-refractivity contribution in [2.75, 3.05) is 18.9 Å². The molecule has 0 amide bonds. The smallest absolute Gasteiger partial charge is 0.200 e. The molecule has 0 unspecified atom stereocenters. The number of ketones is 1. The van der Waals surface area contributed by atoms with Crippen molar-refractivity contribution in [3.05, 3.63) is 53.0 Å². The van der Waals surface area contributed by atoms with Crippen LogP contribution in [0.25, 0.3) is 10.6 Å². The standard InChI is InChI=1S/C20H20N2O4S/c1-3-25-16-10-13(11-17(19(16)24)26-4-2)18(23)14-9-12(5-6-15(14)21)20-22-7-8-27-20/h5-11,24H,3-4,21H2,1-2H3. The highest BCUT2D eigenvalue weighted by Crippen LogP contribution is 2.38. The summed E-state index contributed by atoms with van der Waals surface area (Å²) in [5, 5.41) is 12.9. The zero-order valence-electron chi connectivity index (χ0n) is 15.1. The van der Waals surface area contributed by atoms with Gasteiger partial charge in [0.05, 0.1) is 13.2 Å². The largest absolute Gasteiger partial charge is 0.502 e. The van der Waals surface area contributed by atoms with E-state index in [9.17, 15) is 9.90 Å². The van der Waals surface area contributed by atoms with Gasteiger partial charge in [0.25, 0.3) is 0 Å². The average Bonchev–Trinajstić information content (AvgIpc) is 3.20. The number of carbonyl (C=O) groups excluding carboxylic acids is 1. The summed E-state index contributed by atoms with van der Waals surface area (Å²) in [4.78, 5) is 17.4. The number of phenolic OH excluding ortho intramolecular Hbond substituents is 1. The predicted molar refractivity (Wildman–Crippen MR) is 106 cm³/mol. The average molecular weight is 384 g/mol. The van der Waals surface area contributed by atoms with E-state index in [1.165, 1.54) is 23.5 Å². The van der Waals surface area contributed by atoms with Crippen molar-refractivity contribution in [3.8, 4) is 27.8 Å². The van der Waals surface area contributed by atoms with Crippen LogP contribution in [0.1, 0.15) is 29.8 Å². The highest BCUT2D eigenvalue weighted by Gasteiger charge is 2.20. The summed E-state index contributed by atoms with van der Waals surface area (Å²) >= 11 is 1.48. The number of nitrogens with zero attached hydrogens (tertiary/aromatic N) is 1. The highest BCUT2D eigenvalue weighted by molar-refractivity contribution is 7.13. The monoisotopic (exact) mass is 384 g/mol. The maximum absolute atomic E-state index is 13.1. The van der Waals surface area contributed by atoms with Gasteiger partial charge in [-0.15, -0.1) is 11.3 Å². The summed E-state index contributed by atoms with van der Waals surface area (Å²) in [7, 11) is 0. The van der Waals surface area contributed by atoms with Gasteiger partial charge in [-0.2, -0.15) is 0 Å². The Morgan fingerprint density at radius 2 is 1.81 bits per heavy atom. The number of thiazole rings is 1. The third-order valence-corrected chi connectivity index (χ3v) is 4.70. The van der Waals surface area contributed by atoms with Gasteiger partial charge in [-0.1, -0.05) is 0 Å². The van der Waals surface area contributed by atoms with Gasteiger partial charge in [-0.25, -0.2) is 4.98 Å². The van der Waals surface area contributed by atoms with E-state index in [4.69, 9.17) is 15.2 Å². The van der Waals surface area contributed by atoms with Crippen molar-refractivity contribution in [1.29, 1.82) is 0 Å². The quantitative estimate of drug-likeness (QED) is 0.470. The SMILES string of the molecule is CCOc1cc(C(=O)c2cc(-c3nccs3)ccc2N)cc(OCC)c1O. The minimum atomic E-state index is -0.284. The molecule has 0 bridgehead atoms. The Morgan fingerprint density at radius 1 is 1.15 bits per heavy atom. The molecule has 140 valence electrons. The first kappa shape index (κ1) is 18.7. The first-order valence-corrected chi connectivity index (χ1v) is 9.39. The second-order valence-electron chi connectivity index (χ2n) is 5.66. The summed E-state index contributed by atoms with van der Waals surface area (Å²) in [5.41, 5.74) is 7.92. The number of nitrogen functional groups attached to an aromatic ring is 1. The van der Waals surface area contributed by atoms with Gasteiger partial charge in [-0.3, -0.25) is 4.79 Å². The van der Waals surface area contributed by atoms with E-state index in [0.29, 0.717) is 30.0 Å². The maximum atomic E-state index is 13.1. The van der Waals surface area contributed by atoms with Crippen LogP contribution in [0, 0.1) is 0 Å². The highest BCUT2D eigenvalue weighted by atomic mass is 32.1. The number of rotatable bonds is 7. The lowest BCUT2D eigenvalue weighted by molar-refractivity contribution is 0.103. The van der Waals surface area contributed by atoms with E-state index >= 15 is 0 Å². The van der Waals surface area contributed by atoms with Crippen LogP contribution in [0.3, 0.4) is 0 Å². The molecule has 0 atom stereocenters. The predicted octanol–water partition coefficient (Wildman–Crippen LogP) is 4.13. The number of phenols is 1. The Balaban J connectivity index is 2.06. The third kappa shape index (κ3) is 3.88. The maximum Gasteiger partial charge on any atom is 0.200 e. The van der Waals surface area contributed by atoms with Crippen LogP contribution in [0.5, 0.6) is 17.2 Å². The van der Waals surface area contributed by atoms with Crippen molar-refractivity contribution in [1.82, 2.24) is 4.98 Å². The van der Waals surface area contributed by atoms with E-state index in [-0.39, 0.29) is 23.0 Å². The molecule has 3 rings (SSSR count). The summed E-state index contributed by atoms with van der Waals surface area (Å²) in [5.74, 6) is -0.0181. The van der Waals surface area contributed by atoms with E-state index in [1.807, 2.05) is 11.4 Å². The molecule has 0 aliphatic heterocycles. The van der Waals surface area contributed by atoms with E-state index < -0.39 is 0 Å². The summed E-state index contributed by atoms with van der Waals surface area (Å²) in [6, 6.07) is 8.25. The zero-order chi connectivity index (χ0) is 19.4. The molecule has 0 radical (unpaired) electrons. The Morgan fingerprint density at radius 3 is 2.37 bits per heavy atom. The number of aromatic nitrogens is 1. The third-order valence-electron chi connectivity index (χ3n) is 3.88. The van der Waals surface area contributed by atoms with E-state index in [2.05, 4.69) is 4.98 Å². The van der Waals surface area contributed by atoms with Crippen LogP contribution in [0.15, 0.2) is 41.9 Å². The van der Waals surface area contributed by atoms with Crippen LogP contribution < -0.4 is 15.2 Å². The van der Waals surface area contributed by atoms with Crippen molar-refractivity contribution in [3.63, 3.8) is 0 Å². The van der Waals surface area contributed by atoms with Crippen molar-refractivity contribution >= 4 is 22.8 Å². The molecule has 27 heavy (non-hydrogen) atoms. The number of ether oxygens (including phenoxy) is 2. The molecule has 1 heterocycles. The zero-order valence-corrected chi connectivity index (χ0v) is 15.9. The van der Waals surface area contributed by atoms with Gasteiger partial charge in [0.15, 0.2) is 17.3 Å². The number of benzene rings is 2. The fourth-order valence-corrected chi connectivity index (χ4v) is 3.29. The molecule has 1 aromatic heterocycles. The topological polar surface area (TPSA) is 94.7 Å². The van der Waals surface area contributed by atoms with E-state index in [0.717, 1.165) is 10.6 Å². The van der Waals surface area contributed by atoms with Crippen LogP contribution in [-0.4, -0.2) is 29.1 Å². The number of hydrogen-bond acceptors (Lipinski definition) is 7. The minimum Gasteiger partial charge on any atom is -0.502 e. The van der Waals surface area contributed by atoms with Gasteiger partial charge >= 0.3 is 0 Å². The fourth-order valence-electron chi connectivity index (χ4n) is 2.65. The number of carbonyl (C=O) groups is 1. The molecular weight excluding hydrogens is 364 g/mol. The lowest BCUT2D eigenvalue weighted by Gasteiger charge is -2.14. The molecule has 0 spiro atoms. The normalized spacial score (nSPS) is 10.6. The molecular formula is C20H20N2O4S. The Labute approximate surface area is 161 Å². The lowest BCUT2D eigenvalue weighted by Crippen LogP contribution is -2.07. The summed E-state index contributed by atoms with van der Waals surface area (Å²) in [6.07, 6.45) is 1.71. The van der Waals surface area contributed by atoms with Gasteiger partial charge in [0.1, 0.15) is 5.01 Å². The molecule has 3 aromatic rings. The molecule has 2 aromatic carbocycles. The molecule has 6 nitrogen and oxygen atoms in total. The van der Waals surface area contributed by atoms with Crippen LogP contribution in [0.4, 0.5) is 5.69 Å². The number of hydrogen-bond donors (Lipinski definition) is 2. The molecule has 0 aliphatic rings. The second-order valence-corrected chi connectivity index (χ2v) is 6.55. The summed E-state index contributed by atoms with van der Waals surface area (Å²) in [6.45, 7) is 4.28. The molecule has 3 N–H and O–H groups in total. The molecule has 7 heteroatoms. The van der Waals surface area contributed by atoms with Crippen LogP contribution in [-0.2, 0) is 0 Å². The van der Waals surface area contributed by atoms with Crippen LogP contribution >= 0.6 is 11.3 Å². The fraction of sp³-hybridized carbons (Fsp3) is 0.200. The van der Waals surface area contributed by atoms with Crippen molar-refractivity contribution in [2.24, 2.45) is 0 Å². The second kappa shape index (κ2) is 8.09. The number of aromatic hydroxyl groups is 1. The van der Waals surface area contributed by atoms with Gasteiger partial charge in [0, 0.05) is 34.0 Å².